The van der Waals surface area contributed by atoms with Gasteiger partial charge in [0.2, 0.25) is 0 Å². The maximum absolute atomic E-state index is 9.14. The van der Waals surface area contributed by atoms with Gasteiger partial charge >= 0.3 is 0 Å². The van der Waals surface area contributed by atoms with E-state index in [2.05, 4.69) is 32.3 Å². The molecule has 5 heteroatoms. The highest BCUT2D eigenvalue weighted by atomic mass is 79.9. The summed E-state index contributed by atoms with van der Waals surface area (Å²) < 4.78 is 0.815. The Morgan fingerprint density at radius 1 is 1.44 bits per heavy atom. The number of nitrogens with zero attached hydrogens (tertiary/aromatic N) is 2. The fourth-order valence-electron chi connectivity index (χ4n) is 1.61. The third-order valence-electron chi connectivity index (χ3n) is 2.52. The molecule has 0 fully saturated rings. The molecule has 1 heterocycles. The minimum Gasteiger partial charge on any atom is -0.396 e. The Hall–Kier alpha value is -2.06. The second kappa shape index (κ2) is 5.07. The number of pyridine rings is 1. The molecular formula is C13H11BrN4. The van der Waals surface area contributed by atoms with Crippen LogP contribution in [-0.2, 0) is 0 Å². The zero-order valence-corrected chi connectivity index (χ0v) is 11.3. The van der Waals surface area contributed by atoms with Crippen molar-refractivity contribution in [3.05, 3.63) is 46.1 Å². The highest BCUT2D eigenvalue weighted by Crippen LogP contribution is 2.26. The lowest BCUT2D eigenvalue weighted by Gasteiger charge is -2.11. The molecule has 0 aliphatic rings. The highest BCUT2D eigenvalue weighted by molar-refractivity contribution is 9.10. The summed E-state index contributed by atoms with van der Waals surface area (Å²) >= 11 is 3.30. The van der Waals surface area contributed by atoms with Crippen molar-refractivity contribution in [2.45, 2.75) is 6.92 Å². The molecule has 90 valence electrons. The molecule has 0 atom stereocenters. The van der Waals surface area contributed by atoms with Crippen LogP contribution in [0.4, 0.5) is 17.2 Å². The highest BCUT2D eigenvalue weighted by Gasteiger charge is 2.07. The molecular weight excluding hydrogens is 292 g/mol. The van der Waals surface area contributed by atoms with Crippen LogP contribution < -0.4 is 11.1 Å². The number of aromatic nitrogens is 1. The number of benzene rings is 1. The summed E-state index contributed by atoms with van der Waals surface area (Å²) in [4.78, 5) is 4.19. The van der Waals surface area contributed by atoms with Crippen LogP contribution in [0.15, 0.2) is 34.9 Å². The average Bonchev–Trinajstić information content (AvgIpc) is 2.33. The first-order chi connectivity index (χ1) is 8.61. The normalized spacial score (nSPS) is 9.83. The van der Waals surface area contributed by atoms with Gasteiger partial charge in [-0.05, 0) is 40.5 Å². The number of nitriles is 1. The van der Waals surface area contributed by atoms with Crippen molar-refractivity contribution < 1.29 is 0 Å². The van der Waals surface area contributed by atoms with E-state index in [0.717, 1.165) is 10.0 Å². The Morgan fingerprint density at radius 2 is 2.22 bits per heavy atom. The molecule has 1 aromatic heterocycles. The molecule has 0 aliphatic carbocycles. The number of nitrogens with two attached hydrogens (primary N) is 1. The van der Waals surface area contributed by atoms with Crippen LogP contribution in [0.1, 0.15) is 11.1 Å². The first-order valence-corrected chi connectivity index (χ1v) is 6.09. The quantitative estimate of drug-likeness (QED) is 0.892. The molecule has 0 saturated heterocycles. The molecule has 18 heavy (non-hydrogen) atoms. The van der Waals surface area contributed by atoms with Gasteiger partial charge < -0.3 is 11.1 Å². The van der Waals surface area contributed by atoms with Crippen molar-refractivity contribution in [2.24, 2.45) is 0 Å². The van der Waals surface area contributed by atoms with Crippen LogP contribution >= 0.6 is 15.9 Å². The lowest BCUT2D eigenvalue weighted by molar-refractivity contribution is 1.28. The van der Waals surface area contributed by atoms with Crippen LogP contribution in [0.3, 0.4) is 0 Å². The average molecular weight is 303 g/mol. The van der Waals surface area contributed by atoms with Crippen molar-refractivity contribution in [3.63, 3.8) is 0 Å². The summed E-state index contributed by atoms with van der Waals surface area (Å²) in [5.74, 6) is 0.542. The van der Waals surface area contributed by atoms with Gasteiger partial charge in [-0.25, -0.2) is 4.98 Å². The standard InChI is InChI=1S/C13H11BrN4/c1-8-3-2-4-12(10(8)6-15)18-13-11(16)5-9(14)7-17-13/h2-5,7H,16H2,1H3,(H,17,18). The second-order valence-electron chi connectivity index (χ2n) is 3.83. The SMILES string of the molecule is Cc1cccc(Nc2ncc(Br)cc2N)c1C#N. The van der Waals surface area contributed by atoms with E-state index in [1.54, 1.807) is 12.3 Å². The lowest BCUT2D eigenvalue weighted by Crippen LogP contribution is -2.01. The van der Waals surface area contributed by atoms with Crippen molar-refractivity contribution >= 4 is 33.1 Å². The minimum absolute atomic E-state index is 0.523. The van der Waals surface area contributed by atoms with E-state index < -0.39 is 0 Å². The molecule has 0 amide bonds. The summed E-state index contributed by atoms with van der Waals surface area (Å²) in [6.07, 6.45) is 1.65. The van der Waals surface area contributed by atoms with Crippen molar-refractivity contribution in [1.29, 1.82) is 5.26 Å². The number of rotatable bonds is 2. The zero-order chi connectivity index (χ0) is 13.1. The van der Waals surface area contributed by atoms with Crippen molar-refractivity contribution in [3.8, 4) is 6.07 Å². The first-order valence-electron chi connectivity index (χ1n) is 5.29. The molecule has 4 nitrogen and oxygen atoms in total. The Morgan fingerprint density at radius 3 is 2.89 bits per heavy atom. The summed E-state index contributed by atoms with van der Waals surface area (Å²) in [7, 11) is 0. The van der Waals surface area contributed by atoms with E-state index in [1.807, 2.05) is 25.1 Å². The van der Waals surface area contributed by atoms with E-state index in [9.17, 15) is 0 Å². The fourth-order valence-corrected chi connectivity index (χ4v) is 1.96. The maximum atomic E-state index is 9.14. The van der Waals surface area contributed by atoms with Gasteiger partial charge in [-0.15, -0.1) is 0 Å². The maximum Gasteiger partial charge on any atom is 0.153 e. The number of halogens is 1. The second-order valence-corrected chi connectivity index (χ2v) is 4.74. The number of nitrogen functional groups attached to an aromatic ring is 1. The molecule has 2 aromatic rings. The van der Waals surface area contributed by atoms with Gasteiger partial charge in [-0.3, -0.25) is 0 Å². The van der Waals surface area contributed by atoms with Crippen molar-refractivity contribution in [1.82, 2.24) is 4.98 Å². The number of aryl methyl sites for hydroxylation is 1. The first kappa shape index (κ1) is 12.4. The van der Waals surface area contributed by atoms with Crippen LogP contribution in [0.25, 0.3) is 0 Å². The molecule has 2 rings (SSSR count). The molecule has 0 saturated carbocycles. The van der Waals surface area contributed by atoms with E-state index in [-0.39, 0.29) is 0 Å². The summed E-state index contributed by atoms with van der Waals surface area (Å²) in [5.41, 5.74) is 8.60. The molecule has 3 N–H and O–H groups in total. The summed E-state index contributed by atoms with van der Waals surface area (Å²) in [5, 5.41) is 12.2. The minimum atomic E-state index is 0.523. The zero-order valence-electron chi connectivity index (χ0n) is 9.74. The monoisotopic (exact) mass is 302 g/mol. The Balaban J connectivity index is 2.41. The van der Waals surface area contributed by atoms with Gasteiger partial charge in [0.1, 0.15) is 6.07 Å². The number of hydrogen-bond acceptors (Lipinski definition) is 4. The Kier molecular flexibility index (Phi) is 3.49. The third-order valence-corrected chi connectivity index (χ3v) is 2.96. The van der Waals surface area contributed by atoms with Gasteiger partial charge in [0, 0.05) is 10.7 Å². The number of hydrogen-bond donors (Lipinski definition) is 2. The van der Waals surface area contributed by atoms with Gasteiger partial charge in [-0.1, -0.05) is 12.1 Å². The third kappa shape index (κ3) is 2.44. The Labute approximate surface area is 114 Å². The smallest absolute Gasteiger partial charge is 0.153 e. The van der Waals surface area contributed by atoms with Crippen LogP contribution in [0.5, 0.6) is 0 Å². The molecule has 0 spiro atoms. The summed E-state index contributed by atoms with van der Waals surface area (Å²) in [6.45, 7) is 1.89. The van der Waals surface area contributed by atoms with Crippen molar-refractivity contribution in [2.75, 3.05) is 11.1 Å². The molecule has 0 unspecified atom stereocenters. The van der Waals surface area contributed by atoms with E-state index in [1.165, 1.54) is 0 Å². The van der Waals surface area contributed by atoms with Crippen LogP contribution in [0.2, 0.25) is 0 Å². The molecule has 0 radical (unpaired) electrons. The Bertz CT molecular complexity index is 631. The molecule has 1 aromatic carbocycles. The molecule has 0 aliphatic heterocycles. The predicted molar refractivity (Wildman–Crippen MR) is 75.5 cm³/mol. The van der Waals surface area contributed by atoms with Gasteiger partial charge in [-0.2, -0.15) is 5.26 Å². The van der Waals surface area contributed by atoms with E-state index in [4.69, 9.17) is 11.0 Å². The summed E-state index contributed by atoms with van der Waals surface area (Å²) in [6, 6.07) is 9.54. The van der Waals surface area contributed by atoms with Gasteiger partial charge in [0.15, 0.2) is 5.82 Å². The number of nitrogens with one attached hydrogen (secondary N) is 1. The molecule has 0 bridgehead atoms. The van der Waals surface area contributed by atoms with Crippen LogP contribution in [0, 0.1) is 18.3 Å². The largest absolute Gasteiger partial charge is 0.396 e. The van der Waals surface area contributed by atoms with E-state index >= 15 is 0 Å². The number of anilines is 3. The van der Waals surface area contributed by atoms with Gasteiger partial charge in [0.05, 0.1) is 16.9 Å². The van der Waals surface area contributed by atoms with E-state index in [0.29, 0.717) is 22.8 Å². The lowest BCUT2D eigenvalue weighted by atomic mass is 10.1. The fraction of sp³-hybridized carbons (Fsp3) is 0.0769. The predicted octanol–water partition coefficient (Wildman–Crippen LogP) is 3.35. The topological polar surface area (TPSA) is 74.7 Å². The van der Waals surface area contributed by atoms with Crippen LogP contribution in [-0.4, -0.2) is 4.98 Å². The van der Waals surface area contributed by atoms with Gasteiger partial charge in [0.25, 0.3) is 0 Å².